The van der Waals surface area contributed by atoms with Gasteiger partial charge in [-0.25, -0.2) is 19.6 Å². The summed E-state index contributed by atoms with van der Waals surface area (Å²) in [6.45, 7) is 7.55. The van der Waals surface area contributed by atoms with Crippen molar-refractivity contribution in [3.63, 3.8) is 0 Å². The molecule has 2 aromatic rings. The molecule has 11 nitrogen and oxygen atoms in total. The number of hydrogen-bond donors (Lipinski definition) is 1. The summed E-state index contributed by atoms with van der Waals surface area (Å²) in [6.07, 6.45) is 8.88. The Morgan fingerprint density at radius 3 is 1.65 bits per heavy atom. The van der Waals surface area contributed by atoms with Gasteiger partial charge in [-0.1, -0.05) is 0 Å². The fourth-order valence-electron chi connectivity index (χ4n) is 4.66. The predicted octanol–water partition coefficient (Wildman–Crippen LogP) is 2.83. The van der Waals surface area contributed by atoms with Gasteiger partial charge in [0.25, 0.3) is 11.1 Å². The first-order chi connectivity index (χ1) is 17.8. The minimum atomic E-state index is -0.680. The first-order valence-electron chi connectivity index (χ1n) is 12.5. The Labute approximate surface area is 213 Å². The third-order valence-electron chi connectivity index (χ3n) is 6.61. The van der Waals surface area contributed by atoms with Crippen LogP contribution in [-0.4, -0.2) is 44.3 Å². The van der Waals surface area contributed by atoms with Crippen molar-refractivity contribution in [1.29, 1.82) is 0 Å². The van der Waals surface area contributed by atoms with Crippen LogP contribution in [0.2, 0.25) is 0 Å². The molecule has 37 heavy (non-hydrogen) atoms. The zero-order valence-electron chi connectivity index (χ0n) is 21.4. The Balaban J connectivity index is 1.64. The number of esters is 2. The van der Waals surface area contributed by atoms with E-state index in [1.165, 1.54) is 21.5 Å². The Morgan fingerprint density at radius 2 is 1.27 bits per heavy atom. The van der Waals surface area contributed by atoms with Crippen LogP contribution in [0.25, 0.3) is 11.1 Å². The maximum absolute atomic E-state index is 13.0. The van der Waals surface area contributed by atoms with Gasteiger partial charge in [0.15, 0.2) is 0 Å². The molecule has 0 saturated carbocycles. The lowest BCUT2D eigenvalue weighted by molar-refractivity contribution is 0.0512. The smallest absolute Gasteiger partial charge is 0.345 e. The second-order valence-corrected chi connectivity index (χ2v) is 9.06. The zero-order chi connectivity index (χ0) is 26.7. The van der Waals surface area contributed by atoms with E-state index in [-0.39, 0.29) is 36.4 Å². The van der Waals surface area contributed by atoms with Crippen LogP contribution in [-0.2, 0) is 9.47 Å². The molecule has 0 aliphatic carbocycles. The van der Waals surface area contributed by atoms with Gasteiger partial charge in [-0.15, -0.1) is 0 Å². The third kappa shape index (κ3) is 4.98. The lowest BCUT2D eigenvalue weighted by Gasteiger charge is -2.27. The van der Waals surface area contributed by atoms with Gasteiger partial charge in [-0.3, -0.25) is 18.7 Å². The van der Waals surface area contributed by atoms with E-state index in [4.69, 9.17) is 9.47 Å². The number of ether oxygens (including phenoxy) is 2. The maximum atomic E-state index is 13.0. The number of allylic oxidation sites excluding steroid dienone is 2. The SMILES string of the molecule is CCOC(=O)c1cnc2n(c1=O)C(C)CC/C2=C/N/C=C1\CCC(C)n2c1ncc(C(=O)OCC)c2=O. The van der Waals surface area contributed by atoms with Crippen molar-refractivity contribution in [2.75, 3.05) is 13.2 Å². The molecule has 0 bridgehead atoms. The van der Waals surface area contributed by atoms with Crippen molar-refractivity contribution in [1.82, 2.24) is 24.4 Å². The van der Waals surface area contributed by atoms with Crippen molar-refractivity contribution < 1.29 is 19.1 Å². The van der Waals surface area contributed by atoms with E-state index in [1.54, 1.807) is 26.2 Å². The van der Waals surface area contributed by atoms with Crippen LogP contribution in [0.5, 0.6) is 0 Å². The van der Waals surface area contributed by atoms with E-state index in [0.29, 0.717) is 37.3 Å². The minimum Gasteiger partial charge on any atom is -0.462 e. The van der Waals surface area contributed by atoms with Crippen LogP contribution in [0, 0.1) is 0 Å². The Kier molecular flexibility index (Phi) is 7.70. The summed E-state index contributed by atoms with van der Waals surface area (Å²) in [6, 6.07) is -0.229. The molecule has 0 amide bonds. The number of rotatable bonds is 6. The summed E-state index contributed by atoms with van der Waals surface area (Å²) in [7, 11) is 0. The summed E-state index contributed by atoms with van der Waals surface area (Å²) in [5.74, 6) is -0.372. The van der Waals surface area contributed by atoms with Crippen LogP contribution >= 0.6 is 0 Å². The molecule has 0 saturated heterocycles. The van der Waals surface area contributed by atoms with Crippen LogP contribution < -0.4 is 16.4 Å². The molecule has 2 aliphatic rings. The molecule has 196 valence electrons. The summed E-state index contributed by atoms with van der Waals surface area (Å²) in [4.78, 5) is 59.2. The molecule has 1 N–H and O–H groups in total. The van der Waals surface area contributed by atoms with Crippen LogP contribution in [0.4, 0.5) is 0 Å². The highest BCUT2D eigenvalue weighted by Gasteiger charge is 2.27. The first kappa shape index (κ1) is 26.1. The topological polar surface area (TPSA) is 134 Å². The van der Waals surface area contributed by atoms with E-state index in [2.05, 4.69) is 15.3 Å². The molecular formula is C26H31N5O6. The summed E-state index contributed by atoms with van der Waals surface area (Å²) < 4.78 is 13.0. The Bertz CT molecular complexity index is 1300. The average molecular weight is 510 g/mol. The van der Waals surface area contributed by atoms with Crippen LogP contribution in [0.3, 0.4) is 0 Å². The highest BCUT2D eigenvalue weighted by atomic mass is 16.5. The monoisotopic (exact) mass is 509 g/mol. The van der Waals surface area contributed by atoms with E-state index < -0.39 is 23.1 Å². The zero-order valence-corrected chi connectivity index (χ0v) is 21.4. The predicted molar refractivity (Wildman–Crippen MR) is 136 cm³/mol. The van der Waals surface area contributed by atoms with E-state index in [9.17, 15) is 19.2 Å². The maximum Gasteiger partial charge on any atom is 0.345 e. The quantitative estimate of drug-likeness (QED) is 0.583. The molecule has 2 aliphatic heterocycles. The molecule has 2 aromatic heterocycles. The van der Waals surface area contributed by atoms with E-state index in [1.807, 2.05) is 13.8 Å². The summed E-state index contributed by atoms with van der Waals surface area (Å²) in [5, 5.41) is 3.17. The lowest BCUT2D eigenvalue weighted by atomic mass is 9.99. The van der Waals surface area contributed by atoms with Crippen molar-refractivity contribution >= 4 is 23.1 Å². The van der Waals surface area contributed by atoms with Gasteiger partial charge < -0.3 is 14.8 Å². The first-order valence-corrected chi connectivity index (χ1v) is 12.5. The average Bonchev–Trinajstić information content (AvgIpc) is 2.87. The fraction of sp³-hybridized carbons (Fsp3) is 0.462. The van der Waals surface area contributed by atoms with Crippen molar-refractivity contribution in [3.05, 3.63) is 68.3 Å². The van der Waals surface area contributed by atoms with E-state index in [0.717, 1.165) is 11.1 Å². The molecule has 2 atom stereocenters. The number of hydrogen-bond acceptors (Lipinski definition) is 9. The van der Waals surface area contributed by atoms with Gasteiger partial charge >= 0.3 is 11.9 Å². The Hall–Kier alpha value is -4.02. The number of nitrogens with zero attached hydrogens (tertiary/aromatic N) is 4. The van der Waals surface area contributed by atoms with Crippen molar-refractivity contribution in [2.24, 2.45) is 0 Å². The molecule has 0 spiro atoms. The van der Waals surface area contributed by atoms with Crippen molar-refractivity contribution in [2.45, 2.75) is 65.5 Å². The second-order valence-electron chi connectivity index (χ2n) is 9.06. The number of aromatic nitrogens is 4. The summed E-state index contributed by atoms with van der Waals surface area (Å²) in [5.41, 5.74) is 0.622. The van der Waals surface area contributed by atoms with Gasteiger partial charge in [0.1, 0.15) is 22.8 Å². The minimum absolute atomic E-state index is 0.0830. The van der Waals surface area contributed by atoms with Gasteiger partial charge in [-0.2, -0.15) is 0 Å². The highest BCUT2D eigenvalue weighted by Crippen LogP contribution is 2.31. The van der Waals surface area contributed by atoms with Gasteiger partial charge in [-0.05, 0) is 53.4 Å². The number of carbonyl (C=O) groups excluding carboxylic acids is 2. The van der Waals surface area contributed by atoms with Gasteiger partial charge in [0.05, 0.1) is 13.2 Å². The largest absolute Gasteiger partial charge is 0.462 e. The molecule has 11 heteroatoms. The van der Waals surface area contributed by atoms with Gasteiger partial charge in [0.2, 0.25) is 0 Å². The number of fused-ring (bicyclic) bond motifs is 2. The molecule has 4 rings (SSSR count). The molecule has 0 fully saturated rings. The number of carbonyl (C=O) groups is 2. The molecule has 0 radical (unpaired) electrons. The molecular weight excluding hydrogens is 478 g/mol. The fourth-order valence-corrected chi connectivity index (χ4v) is 4.66. The van der Waals surface area contributed by atoms with Crippen LogP contribution in [0.15, 0.2) is 34.4 Å². The third-order valence-corrected chi connectivity index (χ3v) is 6.61. The molecule has 2 unspecified atom stereocenters. The lowest BCUT2D eigenvalue weighted by Crippen LogP contribution is -2.35. The van der Waals surface area contributed by atoms with Crippen LogP contribution in [0.1, 0.15) is 97.8 Å². The van der Waals surface area contributed by atoms with Gasteiger partial charge in [0, 0.05) is 48.0 Å². The number of nitrogens with one attached hydrogen (secondary N) is 1. The van der Waals surface area contributed by atoms with Crippen molar-refractivity contribution in [3.8, 4) is 0 Å². The Morgan fingerprint density at radius 1 is 0.865 bits per heavy atom. The second kappa shape index (κ2) is 10.9. The standard InChI is InChI=1S/C26H31N5O6/c1-5-36-25(34)19-13-28-21-17(9-7-15(3)30(21)23(19)32)11-27-12-18-10-8-16(4)31-22(18)29-14-20(24(31)33)26(35)37-6-2/h11-16,27H,5-10H2,1-4H3/b17-11-,18-12+. The summed E-state index contributed by atoms with van der Waals surface area (Å²) >= 11 is 0. The molecule has 4 heterocycles. The van der Waals surface area contributed by atoms with E-state index >= 15 is 0 Å². The highest BCUT2D eigenvalue weighted by molar-refractivity contribution is 5.89. The molecule has 0 aromatic carbocycles. The normalized spacial score (nSPS) is 20.8.